The predicted molar refractivity (Wildman–Crippen MR) is 83.8 cm³/mol. The molecule has 2 heterocycles. The molecule has 0 aromatic heterocycles. The van der Waals surface area contributed by atoms with E-state index in [-0.39, 0.29) is 17.6 Å². The van der Waals surface area contributed by atoms with Gasteiger partial charge in [0.05, 0.1) is 17.2 Å². The van der Waals surface area contributed by atoms with Crippen molar-refractivity contribution in [1.82, 2.24) is 5.32 Å². The third kappa shape index (κ3) is 3.68. The van der Waals surface area contributed by atoms with Crippen molar-refractivity contribution in [2.24, 2.45) is 0 Å². The van der Waals surface area contributed by atoms with E-state index in [0.29, 0.717) is 6.42 Å². The van der Waals surface area contributed by atoms with Crippen LogP contribution < -0.4 is 15.0 Å². The van der Waals surface area contributed by atoms with E-state index >= 15 is 0 Å². The molecule has 1 N–H and O–H groups in total. The molecule has 0 radical (unpaired) electrons. The van der Waals surface area contributed by atoms with Gasteiger partial charge in [-0.1, -0.05) is 12.1 Å². The first-order valence-electron chi connectivity index (χ1n) is 7.56. The maximum Gasteiger partial charge on any atom is 0.154 e. The lowest BCUT2D eigenvalue weighted by molar-refractivity contribution is 0.229. The summed E-state index contributed by atoms with van der Waals surface area (Å²) in [6, 6.07) is 7.95. The van der Waals surface area contributed by atoms with Crippen LogP contribution in [0.3, 0.4) is 0 Å². The molecule has 2 aliphatic rings. The first-order chi connectivity index (χ1) is 10.1. The van der Waals surface area contributed by atoms with Crippen LogP contribution in [0.2, 0.25) is 0 Å². The van der Waals surface area contributed by atoms with Gasteiger partial charge < -0.3 is 15.0 Å². The van der Waals surface area contributed by atoms with Crippen LogP contribution in [-0.4, -0.2) is 52.2 Å². The Balaban J connectivity index is 1.76. The Morgan fingerprint density at radius 3 is 2.86 bits per heavy atom. The number of nitrogens with one attached hydrogen (secondary N) is 1. The number of hydrogen-bond acceptors (Lipinski definition) is 5. The number of para-hydroxylation sites is 2. The number of rotatable bonds is 3. The summed E-state index contributed by atoms with van der Waals surface area (Å²) in [6.45, 7) is 3.95. The Bertz CT molecular complexity index is 580. The lowest BCUT2D eigenvalue weighted by Crippen LogP contribution is -2.29. The number of ether oxygens (including phenoxy) is 1. The maximum atomic E-state index is 11.6. The highest BCUT2D eigenvalue weighted by Gasteiger charge is 2.30. The summed E-state index contributed by atoms with van der Waals surface area (Å²) in [5, 5.41) is 3.39. The first kappa shape index (κ1) is 14.7. The molecule has 2 fully saturated rings. The Hall–Kier alpha value is -1.27. The molecule has 6 heteroatoms. The molecule has 0 saturated carbocycles. The van der Waals surface area contributed by atoms with Crippen LogP contribution in [-0.2, 0) is 9.84 Å². The van der Waals surface area contributed by atoms with Crippen molar-refractivity contribution in [3.8, 4) is 5.75 Å². The molecule has 21 heavy (non-hydrogen) atoms. The normalized spacial score (nSPS) is 25.5. The summed E-state index contributed by atoms with van der Waals surface area (Å²) < 4.78 is 29.1. The van der Waals surface area contributed by atoms with Crippen LogP contribution in [0.1, 0.15) is 12.8 Å². The monoisotopic (exact) mass is 310 g/mol. The van der Waals surface area contributed by atoms with Crippen molar-refractivity contribution < 1.29 is 13.2 Å². The number of nitrogens with zero attached hydrogens (tertiary/aromatic N) is 1. The van der Waals surface area contributed by atoms with Gasteiger partial charge in [-0.05, 0) is 31.5 Å². The van der Waals surface area contributed by atoms with Crippen LogP contribution in [0.5, 0.6) is 5.75 Å². The molecule has 1 atom stereocenters. The molecule has 5 nitrogen and oxygen atoms in total. The minimum Gasteiger partial charge on any atom is -0.487 e. The molecule has 2 aliphatic heterocycles. The van der Waals surface area contributed by atoms with Crippen LogP contribution in [0.15, 0.2) is 24.3 Å². The van der Waals surface area contributed by atoms with Crippen LogP contribution >= 0.6 is 0 Å². The standard InChI is InChI=1S/C15H22N2O3S/c18-21(19)11-6-13(12-21)20-15-5-2-1-4-14(15)17-9-3-7-16-8-10-17/h1-2,4-5,13,16H,3,6-12H2. The van der Waals surface area contributed by atoms with Crippen molar-refractivity contribution in [1.29, 1.82) is 0 Å². The lowest BCUT2D eigenvalue weighted by atomic mass is 10.2. The van der Waals surface area contributed by atoms with E-state index in [2.05, 4.69) is 16.3 Å². The fourth-order valence-corrected chi connectivity index (χ4v) is 4.53. The Labute approximate surface area is 126 Å². The second-order valence-corrected chi connectivity index (χ2v) is 7.93. The van der Waals surface area contributed by atoms with E-state index in [1.165, 1.54) is 0 Å². The van der Waals surface area contributed by atoms with E-state index < -0.39 is 9.84 Å². The van der Waals surface area contributed by atoms with Gasteiger partial charge in [0.15, 0.2) is 9.84 Å². The molecular formula is C15H22N2O3S. The van der Waals surface area contributed by atoms with Crippen molar-refractivity contribution in [3.05, 3.63) is 24.3 Å². The predicted octanol–water partition coefficient (Wildman–Crippen LogP) is 1.05. The second-order valence-electron chi connectivity index (χ2n) is 5.70. The largest absolute Gasteiger partial charge is 0.487 e. The van der Waals surface area contributed by atoms with E-state index in [9.17, 15) is 8.42 Å². The summed E-state index contributed by atoms with van der Waals surface area (Å²) in [5.74, 6) is 1.19. The second kappa shape index (κ2) is 6.23. The van der Waals surface area contributed by atoms with Crippen molar-refractivity contribution in [2.75, 3.05) is 42.6 Å². The van der Waals surface area contributed by atoms with Gasteiger partial charge in [-0.15, -0.1) is 0 Å². The van der Waals surface area contributed by atoms with Gasteiger partial charge in [-0.2, -0.15) is 0 Å². The minimum atomic E-state index is -2.91. The zero-order valence-corrected chi connectivity index (χ0v) is 12.9. The third-order valence-corrected chi connectivity index (χ3v) is 5.77. The summed E-state index contributed by atoms with van der Waals surface area (Å²) >= 11 is 0. The molecule has 1 aromatic carbocycles. The van der Waals surface area contributed by atoms with Gasteiger partial charge in [0, 0.05) is 19.6 Å². The van der Waals surface area contributed by atoms with Crippen molar-refractivity contribution >= 4 is 15.5 Å². The Kier molecular flexibility index (Phi) is 4.35. The van der Waals surface area contributed by atoms with Gasteiger partial charge in [-0.3, -0.25) is 0 Å². The van der Waals surface area contributed by atoms with Crippen molar-refractivity contribution in [2.45, 2.75) is 18.9 Å². The Morgan fingerprint density at radius 1 is 1.19 bits per heavy atom. The van der Waals surface area contributed by atoms with E-state index in [0.717, 1.165) is 44.0 Å². The highest BCUT2D eigenvalue weighted by Crippen LogP contribution is 2.31. The highest BCUT2D eigenvalue weighted by atomic mass is 32.2. The number of sulfone groups is 1. The van der Waals surface area contributed by atoms with Gasteiger partial charge in [0.25, 0.3) is 0 Å². The summed E-state index contributed by atoms with van der Waals surface area (Å²) in [6.07, 6.45) is 1.49. The third-order valence-electron chi connectivity index (χ3n) is 4.03. The van der Waals surface area contributed by atoms with Crippen molar-refractivity contribution in [3.63, 3.8) is 0 Å². The lowest BCUT2D eigenvalue weighted by Gasteiger charge is -2.26. The molecule has 2 saturated heterocycles. The van der Waals surface area contributed by atoms with Crippen LogP contribution in [0.25, 0.3) is 0 Å². The zero-order valence-electron chi connectivity index (χ0n) is 12.1. The first-order valence-corrected chi connectivity index (χ1v) is 9.38. The topological polar surface area (TPSA) is 58.6 Å². The molecule has 0 spiro atoms. The van der Waals surface area contributed by atoms with Gasteiger partial charge in [-0.25, -0.2) is 8.42 Å². The van der Waals surface area contributed by atoms with Gasteiger partial charge in [0.1, 0.15) is 11.9 Å². The molecular weight excluding hydrogens is 288 g/mol. The van der Waals surface area contributed by atoms with E-state index in [1.807, 2.05) is 18.2 Å². The number of benzene rings is 1. The molecule has 1 unspecified atom stereocenters. The van der Waals surface area contributed by atoms with Gasteiger partial charge >= 0.3 is 0 Å². The zero-order chi connectivity index (χ0) is 14.7. The average molecular weight is 310 g/mol. The maximum absolute atomic E-state index is 11.6. The molecule has 0 amide bonds. The SMILES string of the molecule is O=S1(=O)CCC(Oc2ccccc2N2CCCNCC2)C1. The summed E-state index contributed by atoms with van der Waals surface area (Å²) in [4.78, 5) is 2.32. The average Bonchev–Trinajstić information content (AvgIpc) is 2.68. The highest BCUT2D eigenvalue weighted by molar-refractivity contribution is 7.91. The molecule has 1 aromatic rings. The molecule has 0 bridgehead atoms. The fourth-order valence-electron chi connectivity index (χ4n) is 2.94. The molecule has 3 rings (SSSR count). The Morgan fingerprint density at radius 2 is 2.05 bits per heavy atom. The summed E-state index contributed by atoms with van der Waals surface area (Å²) in [5.41, 5.74) is 1.07. The van der Waals surface area contributed by atoms with Crippen LogP contribution in [0.4, 0.5) is 5.69 Å². The van der Waals surface area contributed by atoms with E-state index in [4.69, 9.17) is 4.74 Å². The minimum absolute atomic E-state index is 0.142. The smallest absolute Gasteiger partial charge is 0.154 e. The van der Waals surface area contributed by atoms with Crippen LogP contribution in [0, 0.1) is 0 Å². The van der Waals surface area contributed by atoms with E-state index in [1.54, 1.807) is 0 Å². The molecule has 0 aliphatic carbocycles. The molecule has 116 valence electrons. The van der Waals surface area contributed by atoms with Gasteiger partial charge in [0.2, 0.25) is 0 Å². The number of hydrogen-bond donors (Lipinski definition) is 1. The number of anilines is 1. The fraction of sp³-hybridized carbons (Fsp3) is 0.600. The summed E-state index contributed by atoms with van der Waals surface area (Å²) in [7, 11) is -2.91. The quantitative estimate of drug-likeness (QED) is 0.904.